The Labute approximate surface area is 399 Å². The average molecular weight is 1000 g/mol. The van der Waals surface area contributed by atoms with E-state index in [1.807, 2.05) is 37.7 Å². The molecule has 1 aliphatic carbocycles. The number of unbranched alkanes of at least 4 members (excludes halogenated alkanes) is 9. The van der Waals surface area contributed by atoms with Gasteiger partial charge in [-0.2, -0.15) is 5.06 Å². The van der Waals surface area contributed by atoms with Gasteiger partial charge >= 0.3 is 21.2 Å². The zero-order chi connectivity index (χ0) is 51.7. The molecular weight excluding hydrogens is 910 g/mol. The van der Waals surface area contributed by atoms with Gasteiger partial charge in [0.1, 0.15) is 18.4 Å². The Morgan fingerprint density at radius 3 is 1.96 bits per heavy atom. The van der Waals surface area contributed by atoms with Crippen LogP contribution in [0.4, 0.5) is 0 Å². The van der Waals surface area contributed by atoms with Gasteiger partial charge in [0.15, 0.2) is 11.9 Å². The molecule has 0 amide bonds. The third kappa shape index (κ3) is 20.8. The molecule has 12 N–H and O–H groups in total. The topological polar surface area (TPSA) is 315 Å². The molecule has 1 aliphatic heterocycles. The van der Waals surface area contributed by atoms with Crippen LogP contribution in [0.3, 0.4) is 0 Å². The summed E-state index contributed by atoms with van der Waals surface area (Å²) in [6.45, 7) is 19.8. The normalized spacial score (nSPS) is 21.3. The lowest BCUT2D eigenvalue weighted by molar-refractivity contribution is -0.125. The summed E-state index contributed by atoms with van der Waals surface area (Å²) in [7, 11) is -8.18. The molecule has 0 saturated heterocycles. The van der Waals surface area contributed by atoms with E-state index in [1.165, 1.54) is 91.7 Å². The highest BCUT2D eigenvalue weighted by Crippen LogP contribution is 2.64. The summed E-state index contributed by atoms with van der Waals surface area (Å²) in [6, 6.07) is -1.01. The van der Waals surface area contributed by atoms with E-state index in [-0.39, 0.29) is 29.1 Å². The van der Waals surface area contributed by atoms with Crippen LogP contribution in [-0.2, 0) is 28.0 Å². The van der Waals surface area contributed by atoms with Gasteiger partial charge in [-0.25, -0.2) is 23.5 Å². The van der Waals surface area contributed by atoms with Gasteiger partial charge in [0, 0.05) is 38.4 Å². The van der Waals surface area contributed by atoms with Crippen molar-refractivity contribution in [2.45, 2.75) is 170 Å². The van der Waals surface area contributed by atoms with Crippen LogP contribution < -0.4 is 28.6 Å². The van der Waals surface area contributed by atoms with Gasteiger partial charge in [0.25, 0.3) is 5.56 Å². The van der Waals surface area contributed by atoms with E-state index in [1.54, 1.807) is 13.8 Å². The lowest BCUT2D eigenvalue weighted by atomic mass is 9.81. The van der Waals surface area contributed by atoms with Crippen molar-refractivity contribution in [1.82, 2.24) is 24.1 Å². The second-order valence-electron chi connectivity index (χ2n) is 17.0. The first kappa shape index (κ1) is 64.5. The minimum atomic E-state index is -5.37. The first-order valence-corrected chi connectivity index (χ1v) is 27.1. The molecular formula is C44H90N8O13P2. The molecule has 67 heavy (non-hydrogen) atoms. The molecule has 21 nitrogen and oxygen atoms in total. The zero-order valence-electron chi connectivity index (χ0n) is 42.6. The summed E-state index contributed by atoms with van der Waals surface area (Å²) < 4.78 is 43.9. The standard InChI is InChI=1S/C23H40N6O13P2.C17H38N2.2C2H6/c1-6-23(3,42-44(37,38)29(43(34,35)36)11-27(4)39-5)16-17(24)12(2)13(9-30)20(16)40-10-14-18(25)19(32)21(41-14)28-8-7-15(31)26-22(28)33;1-4-19(18)16-14-12-10-8-6-5-7-9-11-13-15-17(2)3;2*1-2/h7-8,12,14,16-18,30,32H,6,9-11,24-25H2,1-5H3,(H,37,38)(H,26,31,33)(H2,34,35,36);17H,4-16,18H2,1-3H3;2*1-2H3. The molecule has 7 atom stereocenters. The number of hydrogen-bond acceptors (Lipinski definition) is 15. The highest BCUT2D eigenvalue weighted by Gasteiger charge is 2.55. The average Bonchev–Trinajstić information content (AvgIpc) is 3.71. The fourth-order valence-electron chi connectivity index (χ4n) is 7.52. The predicted octanol–water partition coefficient (Wildman–Crippen LogP) is 6.12. The van der Waals surface area contributed by atoms with Gasteiger partial charge < -0.3 is 50.7 Å². The molecule has 0 bridgehead atoms. The number of nitrogens with two attached hydrogens (primary N) is 3. The second kappa shape index (κ2) is 32.4. The maximum absolute atomic E-state index is 13.5. The quantitative estimate of drug-likeness (QED) is 0.0150. The Balaban J connectivity index is 0.00000159. The number of hydrogen-bond donors (Lipinski definition) is 9. The summed E-state index contributed by atoms with van der Waals surface area (Å²) in [6.07, 6.45) is 15.5. The molecule has 2 heterocycles. The second-order valence-corrected chi connectivity index (χ2v) is 20.5. The molecule has 0 fully saturated rings. The number of hydroxylamine groups is 2. The van der Waals surface area contributed by atoms with E-state index in [4.69, 9.17) is 36.1 Å². The first-order chi connectivity index (χ1) is 31.5. The van der Waals surface area contributed by atoms with Crippen LogP contribution in [0.15, 0.2) is 38.9 Å². The van der Waals surface area contributed by atoms with E-state index >= 15 is 0 Å². The highest BCUT2D eigenvalue weighted by molar-refractivity contribution is 7.65. The molecule has 7 unspecified atom stereocenters. The van der Waals surface area contributed by atoms with Crippen LogP contribution in [0, 0.1) is 17.8 Å². The molecule has 2 aliphatic rings. The van der Waals surface area contributed by atoms with Crippen molar-refractivity contribution in [2.24, 2.45) is 35.1 Å². The molecule has 0 aromatic carbocycles. The third-order valence-electron chi connectivity index (χ3n) is 11.7. The van der Waals surface area contributed by atoms with Crippen molar-refractivity contribution in [3.8, 4) is 0 Å². The summed E-state index contributed by atoms with van der Waals surface area (Å²) in [5.41, 5.74) is 9.71. The molecule has 23 heteroatoms. The summed E-state index contributed by atoms with van der Waals surface area (Å²) >= 11 is 0. The van der Waals surface area contributed by atoms with Gasteiger partial charge in [-0.3, -0.25) is 20.1 Å². The molecule has 0 radical (unpaired) electrons. The van der Waals surface area contributed by atoms with Gasteiger partial charge in [-0.05, 0) is 37.2 Å². The SMILES string of the molecule is CC.CC.CCC(C)(OP(=O)(O)N(CN(C)OC)P(=O)(O)O)C1C(OCC2OC(n3ccc(=O)[nH]c3=O)=C(O)C2N)=C(CO)C(C)C1N.CCN(N)CCCCCCCCCCCCC(C)C. The number of aliphatic hydroxyl groups excluding tert-OH is 2. The monoisotopic (exact) mass is 1000 g/mol. The van der Waals surface area contributed by atoms with Crippen molar-refractivity contribution in [1.29, 1.82) is 0 Å². The van der Waals surface area contributed by atoms with Crippen molar-refractivity contribution >= 4 is 21.4 Å². The van der Waals surface area contributed by atoms with Crippen LogP contribution in [0.1, 0.15) is 146 Å². The number of ether oxygens (including phenoxy) is 2. The van der Waals surface area contributed by atoms with Crippen LogP contribution in [-0.4, -0.2) is 120 Å². The number of rotatable bonds is 28. The van der Waals surface area contributed by atoms with E-state index in [0.717, 1.165) is 40.9 Å². The fourth-order valence-corrected chi connectivity index (χ4v) is 10.4. The number of H-pyrrole nitrogens is 1. The Morgan fingerprint density at radius 1 is 0.955 bits per heavy atom. The fraction of sp³-hybridized carbons (Fsp3) is 0.818. The zero-order valence-corrected chi connectivity index (χ0v) is 44.3. The molecule has 0 spiro atoms. The Hall–Kier alpha value is -2.46. The van der Waals surface area contributed by atoms with Crippen molar-refractivity contribution in [3.63, 3.8) is 0 Å². The van der Waals surface area contributed by atoms with Crippen molar-refractivity contribution in [2.75, 3.05) is 47.1 Å². The van der Waals surface area contributed by atoms with Gasteiger partial charge in [0.05, 0.1) is 31.9 Å². The molecule has 3 rings (SSSR count). The maximum Gasteiger partial charge on any atom is 0.416 e. The van der Waals surface area contributed by atoms with Crippen LogP contribution >= 0.6 is 15.5 Å². The number of aromatic amines is 1. The van der Waals surface area contributed by atoms with Gasteiger partial charge in [-0.1, -0.05) is 131 Å². The maximum atomic E-state index is 13.5. The van der Waals surface area contributed by atoms with E-state index in [0.29, 0.717) is 5.57 Å². The van der Waals surface area contributed by atoms with Gasteiger partial charge in [0.2, 0.25) is 5.88 Å². The molecule has 1 aromatic rings. The Bertz CT molecular complexity index is 1830. The smallest absolute Gasteiger partial charge is 0.416 e. The van der Waals surface area contributed by atoms with Crippen molar-refractivity contribution in [3.05, 3.63) is 50.2 Å². The highest BCUT2D eigenvalue weighted by atomic mass is 31.3. The number of nitrogens with zero attached hydrogens (tertiary/aromatic N) is 4. The molecule has 394 valence electrons. The first-order valence-electron chi connectivity index (χ1n) is 24.0. The van der Waals surface area contributed by atoms with Crippen molar-refractivity contribution < 1.29 is 52.9 Å². The van der Waals surface area contributed by atoms with E-state index in [9.17, 15) is 43.6 Å². The third-order valence-corrected chi connectivity index (χ3v) is 15.2. The Morgan fingerprint density at radius 2 is 1.49 bits per heavy atom. The van der Waals surface area contributed by atoms with Gasteiger partial charge in [-0.15, -0.1) is 0 Å². The number of nitrogens with one attached hydrogen (secondary N) is 1. The number of aliphatic hydroxyl groups is 2. The van der Waals surface area contributed by atoms with E-state index < -0.39 is 81.4 Å². The summed E-state index contributed by atoms with van der Waals surface area (Å²) in [4.78, 5) is 61.2. The minimum absolute atomic E-state index is 0.00954. The predicted molar refractivity (Wildman–Crippen MR) is 264 cm³/mol. The summed E-state index contributed by atoms with van der Waals surface area (Å²) in [5, 5.41) is 23.6. The number of aromatic nitrogens is 2. The molecule has 0 saturated carbocycles. The summed E-state index contributed by atoms with van der Waals surface area (Å²) in [5.74, 6) is 4.29. The lowest BCUT2D eigenvalue weighted by Crippen LogP contribution is -2.48. The van der Waals surface area contributed by atoms with Crippen LogP contribution in [0.2, 0.25) is 0 Å². The van der Waals surface area contributed by atoms with Crippen LogP contribution in [0.5, 0.6) is 0 Å². The lowest BCUT2D eigenvalue weighted by Gasteiger charge is -2.41. The Kier molecular flexibility index (Phi) is 31.2. The van der Waals surface area contributed by atoms with Crippen LogP contribution in [0.25, 0.3) is 5.88 Å². The number of hydrazine groups is 1. The largest absolute Gasteiger partial charge is 0.506 e. The molecule has 1 aromatic heterocycles. The minimum Gasteiger partial charge on any atom is -0.506 e. The van der Waals surface area contributed by atoms with E-state index in [2.05, 4.69) is 20.8 Å².